The van der Waals surface area contributed by atoms with Crippen LogP contribution >= 0.6 is 0 Å². The Kier molecular flexibility index (Phi) is 3.04. The van der Waals surface area contributed by atoms with Gasteiger partial charge in [0.1, 0.15) is 5.75 Å². The standard InChI is InChI=1S/C13H16N2O2/c1-3-4-7-15-11-6-5-10(14)8-12(11)17-9(2)13(15)16/h3-6,8-9H,7,14H2,1-2H3/b4-3+. The predicted octanol–water partition coefficient (Wildman–Crippen LogP) is 1.96. The molecule has 1 aromatic carbocycles. The summed E-state index contributed by atoms with van der Waals surface area (Å²) in [6, 6.07) is 5.34. The average Bonchev–Trinajstić information content (AvgIpc) is 2.30. The van der Waals surface area contributed by atoms with Crippen LogP contribution in [-0.2, 0) is 4.79 Å². The van der Waals surface area contributed by atoms with Crippen molar-refractivity contribution in [1.29, 1.82) is 0 Å². The summed E-state index contributed by atoms with van der Waals surface area (Å²) in [6.45, 7) is 4.23. The highest BCUT2D eigenvalue weighted by molar-refractivity contribution is 6.00. The van der Waals surface area contributed by atoms with E-state index in [4.69, 9.17) is 10.5 Å². The zero-order valence-electron chi connectivity index (χ0n) is 10.0. The van der Waals surface area contributed by atoms with Gasteiger partial charge in [-0.25, -0.2) is 0 Å². The summed E-state index contributed by atoms with van der Waals surface area (Å²) in [6.07, 6.45) is 3.40. The third kappa shape index (κ3) is 2.11. The van der Waals surface area contributed by atoms with E-state index in [0.29, 0.717) is 18.0 Å². The first kappa shape index (κ1) is 11.5. The molecule has 0 saturated heterocycles. The number of benzene rings is 1. The lowest BCUT2D eigenvalue weighted by Gasteiger charge is -2.32. The molecule has 0 radical (unpaired) electrons. The maximum absolute atomic E-state index is 12.0. The number of hydrogen-bond acceptors (Lipinski definition) is 3. The molecule has 1 unspecified atom stereocenters. The molecule has 0 spiro atoms. The molecule has 1 aliphatic heterocycles. The Balaban J connectivity index is 2.41. The van der Waals surface area contributed by atoms with Gasteiger partial charge in [-0.1, -0.05) is 12.2 Å². The Labute approximate surface area is 101 Å². The molecule has 0 bridgehead atoms. The molecule has 4 nitrogen and oxygen atoms in total. The van der Waals surface area contributed by atoms with E-state index in [1.165, 1.54) is 0 Å². The van der Waals surface area contributed by atoms with Crippen LogP contribution in [0.4, 0.5) is 11.4 Å². The topological polar surface area (TPSA) is 55.6 Å². The molecular formula is C13H16N2O2. The second kappa shape index (κ2) is 4.49. The predicted molar refractivity (Wildman–Crippen MR) is 68.1 cm³/mol. The monoisotopic (exact) mass is 232 g/mol. The average molecular weight is 232 g/mol. The Morgan fingerprint density at radius 1 is 1.53 bits per heavy atom. The van der Waals surface area contributed by atoms with Crippen molar-refractivity contribution in [1.82, 2.24) is 0 Å². The van der Waals surface area contributed by atoms with Gasteiger partial charge in [0, 0.05) is 18.3 Å². The second-order valence-corrected chi connectivity index (χ2v) is 4.01. The van der Waals surface area contributed by atoms with Crippen LogP contribution in [-0.4, -0.2) is 18.6 Å². The van der Waals surface area contributed by atoms with Crippen LogP contribution < -0.4 is 15.4 Å². The largest absolute Gasteiger partial charge is 0.479 e. The highest BCUT2D eigenvalue weighted by Crippen LogP contribution is 2.35. The van der Waals surface area contributed by atoms with Gasteiger partial charge in [0.25, 0.3) is 5.91 Å². The quantitative estimate of drug-likeness (QED) is 0.626. The normalized spacial score (nSPS) is 19.3. The van der Waals surface area contributed by atoms with Crippen molar-refractivity contribution < 1.29 is 9.53 Å². The molecule has 0 aromatic heterocycles. The van der Waals surface area contributed by atoms with Gasteiger partial charge >= 0.3 is 0 Å². The first-order valence-electron chi connectivity index (χ1n) is 5.62. The minimum atomic E-state index is -0.463. The van der Waals surface area contributed by atoms with Gasteiger partial charge in [0.15, 0.2) is 6.10 Å². The summed E-state index contributed by atoms with van der Waals surface area (Å²) in [5, 5.41) is 0. The number of hydrogen-bond donors (Lipinski definition) is 1. The first-order chi connectivity index (χ1) is 8.13. The van der Waals surface area contributed by atoms with Crippen molar-refractivity contribution in [2.45, 2.75) is 20.0 Å². The third-order valence-corrected chi connectivity index (χ3v) is 2.72. The number of nitrogens with zero attached hydrogens (tertiary/aromatic N) is 1. The van der Waals surface area contributed by atoms with E-state index in [-0.39, 0.29) is 5.91 Å². The number of allylic oxidation sites excluding steroid dienone is 1. The van der Waals surface area contributed by atoms with Crippen molar-refractivity contribution in [3.05, 3.63) is 30.4 Å². The van der Waals surface area contributed by atoms with Crippen molar-refractivity contribution in [2.75, 3.05) is 17.2 Å². The highest BCUT2D eigenvalue weighted by Gasteiger charge is 2.30. The molecule has 90 valence electrons. The molecule has 1 heterocycles. The fourth-order valence-electron chi connectivity index (χ4n) is 1.83. The van der Waals surface area contributed by atoms with Crippen LogP contribution in [0.5, 0.6) is 5.75 Å². The zero-order chi connectivity index (χ0) is 12.4. The fraction of sp³-hybridized carbons (Fsp3) is 0.308. The molecule has 0 fully saturated rings. The Bertz CT molecular complexity index is 468. The summed E-state index contributed by atoms with van der Waals surface area (Å²) < 4.78 is 5.54. The van der Waals surface area contributed by atoms with E-state index in [9.17, 15) is 4.79 Å². The summed E-state index contributed by atoms with van der Waals surface area (Å²) in [5.74, 6) is 0.641. The molecular weight excluding hydrogens is 216 g/mol. The number of rotatable bonds is 2. The maximum Gasteiger partial charge on any atom is 0.268 e. The maximum atomic E-state index is 12.0. The Morgan fingerprint density at radius 2 is 2.29 bits per heavy atom. The lowest BCUT2D eigenvalue weighted by atomic mass is 10.1. The van der Waals surface area contributed by atoms with Crippen LogP contribution in [0.1, 0.15) is 13.8 Å². The van der Waals surface area contributed by atoms with Crippen LogP contribution in [0.25, 0.3) is 0 Å². The molecule has 17 heavy (non-hydrogen) atoms. The Morgan fingerprint density at radius 3 is 3.00 bits per heavy atom. The molecule has 0 saturated carbocycles. The van der Waals surface area contributed by atoms with Gasteiger partial charge in [-0.3, -0.25) is 4.79 Å². The summed E-state index contributed by atoms with van der Waals surface area (Å²) in [4.78, 5) is 13.7. The Hall–Kier alpha value is -1.97. The molecule has 1 atom stereocenters. The van der Waals surface area contributed by atoms with E-state index in [0.717, 1.165) is 5.69 Å². The van der Waals surface area contributed by atoms with Crippen LogP contribution in [0.2, 0.25) is 0 Å². The van der Waals surface area contributed by atoms with Gasteiger partial charge in [-0.15, -0.1) is 0 Å². The minimum Gasteiger partial charge on any atom is -0.479 e. The summed E-state index contributed by atoms with van der Waals surface area (Å²) in [7, 11) is 0. The second-order valence-electron chi connectivity index (χ2n) is 4.01. The highest BCUT2D eigenvalue weighted by atomic mass is 16.5. The zero-order valence-corrected chi connectivity index (χ0v) is 10.0. The SMILES string of the molecule is C/C=C/CN1C(=O)C(C)Oc2cc(N)ccc21. The van der Waals surface area contributed by atoms with Crippen LogP contribution in [0, 0.1) is 0 Å². The number of anilines is 2. The minimum absolute atomic E-state index is 0.0274. The van der Waals surface area contributed by atoms with Crippen molar-refractivity contribution in [3.8, 4) is 5.75 Å². The van der Waals surface area contributed by atoms with Crippen molar-refractivity contribution in [3.63, 3.8) is 0 Å². The molecule has 2 N–H and O–H groups in total. The van der Waals surface area contributed by atoms with Crippen molar-refractivity contribution >= 4 is 17.3 Å². The summed E-state index contributed by atoms with van der Waals surface area (Å²) in [5.41, 5.74) is 7.12. The van der Waals surface area contributed by atoms with Crippen LogP contribution in [0.15, 0.2) is 30.4 Å². The molecule has 4 heteroatoms. The van der Waals surface area contributed by atoms with Gasteiger partial charge in [0.2, 0.25) is 0 Å². The lowest BCUT2D eigenvalue weighted by molar-refractivity contribution is -0.125. The molecule has 1 amide bonds. The van der Waals surface area contributed by atoms with E-state index in [1.807, 2.05) is 25.1 Å². The molecule has 2 rings (SSSR count). The third-order valence-electron chi connectivity index (χ3n) is 2.72. The van der Waals surface area contributed by atoms with E-state index >= 15 is 0 Å². The van der Waals surface area contributed by atoms with E-state index < -0.39 is 6.10 Å². The van der Waals surface area contributed by atoms with Crippen molar-refractivity contribution in [2.24, 2.45) is 0 Å². The number of carbonyl (C=O) groups is 1. The summed E-state index contributed by atoms with van der Waals surface area (Å²) >= 11 is 0. The number of nitrogens with two attached hydrogens (primary N) is 1. The van der Waals surface area contributed by atoms with Crippen LogP contribution in [0.3, 0.4) is 0 Å². The van der Waals surface area contributed by atoms with E-state index in [2.05, 4.69) is 0 Å². The molecule has 0 aliphatic carbocycles. The number of ether oxygens (including phenoxy) is 1. The number of fused-ring (bicyclic) bond motifs is 1. The lowest BCUT2D eigenvalue weighted by Crippen LogP contribution is -2.44. The molecule has 1 aliphatic rings. The van der Waals surface area contributed by atoms with E-state index in [1.54, 1.807) is 24.0 Å². The smallest absolute Gasteiger partial charge is 0.268 e. The number of nitrogen functional groups attached to an aromatic ring is 1. The fourth-order valence-corrected chi connectivity index (χ4v) is 1.83. The van der Waals surface area contributed by atoms with Gasteiger partial charge in [0.05, 0.1) is 5.69 Å². The first-order valence-corrected chi connectivity index (χ1v) is 5.62. The number of amides is 1. The van der Waals surface area contributed by atoms with Gasteiger partial charge in [-0.2, -0.15) is 0 Å². The van der Waals surface area contributed by atoms with Gasteiger partial charge in [-0.05, 0) is 26.0 Å². The number of carbonyl (C=O) groups excluding carboxylic acids is 1. The van der Waals surface area contributed by atoms with Gasteiger partial charge < -0.3 is 15.4 Å². The molecule has 1 aromatic rings.